The molecule has 9 nitrogen and oxygen atoms in total. The van der Waals surface area contributed by atoms with Gasteiger partial charge in [-0.25, -0.2) is 8.42 Å². The average Bonchev–Trinajstić information content (AvgIpc) is 2.97. The van der Waals surface area contributed by atoms with E-state index in [0.29, 0.717) is 24.3 Å². The van der Waals surface area contributed by atoms with Crippen LogP contribution in [0.25, 0.3) is 0 Å². The van der Waals surface area contributed by atoms with Crippen molar-refractivity contribution in [1.29, 1.82) is 0 Å². The fourth-order valence-corrected chi connectivity index (χ4v) is 5.81. The summed E-state index contributed by atoms with van der Waals surface area (Å²) in [4.78, 5) is 28.3. The van der Waals surface area contributed by atoms with E-state index in [1.807, 2.05) is 44.2 Å². The van der Waals surface area contributed by atoms with Crippen molar-refractivity contribution in [3.8, 4) is 11.5 Å². The Morgan fingerprint density at radius 1 is 0.925 bits per heavy atom. The SMILES string of the molecule is CC[C@@H](C(=O)NC)N(CCc1ccccc1)C(=O)CN(c1ccc(OC)c(OC)c1)S(=O)(=O)c1ccc(C)cc1. The largest absolute Gasteiger partial charge is 0.493 e. The lowest BCUT2D eigenvalue weighted by atomic mass is 10.1. The molecule has 3 aromatic carbocycles. The number of sulfonamides is 1. The molecule has 3 rings (SSSR count). The molecule has 0 fully saturated rings. The van der Waals surface area contributed by atoms with Crippen LogP contribution in [0.3, 0.4) is 0 Å². The Morgan fingerprint density at radius 2 is 1.57 bits per heavy atom. The summed E-state index contributed by atoms with van der Waals surface area (Å²) in [5, 5.41) is 2.63. The first kappa shape index (κ1) is 30.5. The number of hydrogen-bond donors (Lipinski definition) is 1. The normalized spacial score (nSPS) is 11.8. The zero-order valence-corrected chi connectivity index (χ0v) is 24.4. The van der Waals surface area contributed by atoms with E-state index in [9.17, 15) is 18.0 Å². The van der Waals surface area contributed by atoms with E-state index >= 15 is 0 Å². The summed E-state index contributed by atoms with van der Waals surface area (Å²) in [6, 6.07) is 19.9. The number of hydrogen-bond acceptors (Lipinski definition) is 6. The Labute approximate surface area is 236 Å². The van der Waals surface area contributed by atoms with Gasteiger partial charge in [0.05, 0.1) is 24.8 Å². The quantitative estimate of drug-likeness (QED) is 0.337. The first-order valence-electron chi connectivity index (χ1n) is 13.0. The molecule has 0 bridgehead atoms. The summed E-state index contributed by atoms with van der Waals surface area (Å²) >= 11 is 0. The van der Waals surface area contributed by atoms with Gasteiger partial charge in [0.2, 0.25) is 11.8 Å². The van der Waals surface area contributed by atoms with Crippen LogP contribution in [0.4, 0.5) is 5.69 Å². The minimum absolute atomic E-state index is 0.0369. The van der Waals surface area contributed by atoms with Gasteiger partial charge in [0.15, 0.2) is 11.5 Å². The standard InChI is InChI=1S/C30H37N3O6S/c1-6-26(30(35)31-3)32(19-18-23-10-8-7-9-11-23)29(34)21-33(24-14-17-27(38-4)28(20-24)39-5)40(36,37)25-15-12-22(2)13-16-25/h7-17,20,26H,6,18-19,21H2,1-5H3,(H,31,35)/t26-/m0/s1. The number of aryl methyl sites for hydroxylation is 1. The Bertz CT molecular complexity index is 1390. The number of benzene rings is 3. The van der Waals surface area contributed by atoms with E-state index in [-0.39, 0.29) is 23.0 Å². The van der Waals surface area contributed by atoms with Crippen molar-refractivity contribution < 1.29 is 27.5 Å². The van der Waals surface area contributed by atoms with Crippen molar-refractivity contribution in [2.45, 2.75) is 37.6 Å². The van der Waals surface area contributed by atoms with Crippen molar-refractivity contribution in [3.05, 3.63) is 83.9 Å². The van der Waals surface area contributed by atoms with Crippen molar-refractivity contribution in [1.82, 2.24) is 10.2 Å². The predicted octanol–water partition coefficient (Wildman–Crippen LogP) is 3.80. The highest BCUT2D eigenvalue weighted by Gasteiger charge is 2.33. The molecule has 0 unspecified atom stereocenters. The van der Waals surface area contributed by atoms with Crippen LogP contribution >= 0.6 is 0 Å². The predicted molar refractivity (Wildman–Crippen MR) is 155 cm³/mol. The van der Waals surface area contributed by atoms with Gasteiger partial charge in [0.25, 0.3) is 10.0 Å². The number of amides is 2. The molecule has 0 aliphatic carbocycles. The molecule has 0 spiro atoms. The lowest BCUT2D eigenvalue weighted by Crippen LogP contribution is -2.52. The number of nitrogens with one attached hydrogen (secondary N) is 1. The molecule has 0 saturated heterocycles. The zero-order chi connectivity index (χ0) is 29.3. The van der Waals surface area contributed by atoms with Crippen LogP contribution in [-0.4, -0.2) is 65.5 Å². The fraction of sp³-hybridized carbons (Fsp3) is 0.333. The maximum atomic E-state index is 14.0. The molecule has 0 saturated carbocycles. The molecule has 0 aliphatic rings. The third kappa shape index (κ3) is 7.12. The highest BCUT2D eigenvalue weighted by atomic mass is 32.2. The number of ether oxygens (including phenoxy) is 2. The van der Waals surface area contributed by atoms with Crippen LogP contribution < -0.4 is 19.1 Å². The highest BCUT2D eigenvalue weighted by Crippen LogP contribution is 2.34. The van der Waals surface area contributed by atoms with E-state index in [0.717, 1.165) is 15.4 Å². The molecule has 1 atom stereocenters. The van der Waals surface area contributed by atoms with Gasteiger partial charge >= 0.3 is 0 Å². The van der Waals surface area contributed by atoms with Crippen LogP contribution in [-0.2, 0) is 26.0 Å². The van der Waals surface area contributed by atoms with Crippen LogP contribution in [0.2, 0.25) is 0 Å². The monoisotopic (exact) mass is 567 g/mol. The summed E-state index contributed by atoms with van der Waals surface area (Å²) in [6.07, 6.45) is 0.864. The van der Waals surface area contributed by atoms with Gasteiger partial charge in [-0.3, -0.25) is 13.9 Å². The van der Waals surface area contributed by atoms with Gasteiger partial charge in [0, 0.05) is 19.7 Å². The van der Waals surface area contributed by atoms with Crippen molar-refractivity contribution in [3.63, 3.8) is 0 Å². The van der Waals surface area contributed by atoms with Crippen LogP contribution in [0.15, 0.2) is 77.7 Å². The second-order valence-corrected chi connectivity index (χ2v) is 11.1. The highest BCUT2D eigenvalue weighted by molar-refractivity contribution is 7.92. The maximum Gasteiger partial charge on any atom is 0.264 e. The van der Waals surface area contributed by atoms with Crippen LogP contribution in [0.1, 0.15) is 24.5 Å². The lowest BCUT2D eigenvalue weighted by Gasteiger charge is -2.33. The maximum absolute atomic E-state index is 14.0. The summed E-state index contributed by atoms with van der Waals surface area (Å²) < 4.78 is 39.7. The Morgan fingerprint density at radius 3 is 2.15 bits per heavy atom. The fourth-order valence-electron chi connectivity index (χ4n) is 4.41. The molecule has 0 aliphatic heterocycles. The molecule has 0 aromatic heterocycles. The van der Waals surface area contributed by atoms with E-state index in [1.165, 1.54) is 44.4 Å². The lowest BCUT2D eigenvalue weighted by molar-refractivity contribution is -0.139. The Balaban J connectivity index is 2.06. The molecule has 0 radical (unpaired) electrons. The van der Waals surface area contributed by atoms with Crippen molar-refractivity contribution in [2.24, 2.45) is 0 Å². The Hall–Kier alpha value is -4.05. The zero-order valence-electron chi connectivity index (χ0n) is 23.6. The van der Waals surface area contributed by atoms with Crippen molar-refractivity contribution >= 4 is 27.5 Å². The third-order valence-corrected chi connectivity index (χ3v) is 8.45. The molecular weight excluding hydrogens is 530 g/mol. The number of methoxy groups -OCH3 is 2. The van der Waals surface area contributed by atoms with Gasteiger partial charge < -0.3 is 19.7 Å². The Kier molecular flexibility index (Phi) is 10.6. The van der Waals surface area contributed by atoms with Gasteiger partial charge in [-0.1, -0.05) is 55.0 Å². The summed E-state index contributed by atoms with van der Waals surface area (Å²) in [5.41, 5.74) is 2.12. The molecule has 40 heavy (non-hydrogen) atoms. The van der Waals surface area contributed by atoms with E-state index < -0.39 is 28.5 Å². The summed E-state index contributed by atoms with van der Waals surface area (Å²) in [7, 11) is 0.269. The first-order valence-corrected chi connectivity index (χ1v) is 14.5. The minimum atomic E-state index is -4.18. The average molecular weight is 568 g/mol. The van der Waals surface area contributed by atoms with Crippen LogP contribution in [0.5, 0.6) is 11.5 Å². The first-order chi connectivity index (χ1) is 19.2. The van der Waals surface area contributed by atoms with Gasteiger partial charge in [0.1, 0.15) is 12.6 Å². The molecular formula is C30H37N3O6S. The van der Waals surface area contributed by atoms with Crippen LogP contribution in [0, 0.1) is 6.92 Å². The second-order valence-electron chi connectivity index (χ2n) is 9.23. The van der Waals surface area contributed by atoms with Gasteiger partial charge in [-0.2, -0.15) is 0 Å². The number of anilines is 1. The topological polar surface area (TPSA) is 105 Å². The number of rotatable bonds is 13. The van der Waals surface area contributed by atoms with E-state index in [4.69, 9.17) is 9.47 Å². The number of carbonyl (C=O) groups excluding carboxylic acids is 2. The molecule has 0 heterocycles. The molecule has 1 N–H and O–H groups in total. The van der Waals surface area contributed by atoms with Gasteiger partial charge in [-0.05, 0) is 49.6 Å². The molecule has 2 amide bonds. The minimum Gasteiger partial charge on any atom is -0.493 e. The molecule has 10 heteroatoms. The third-order valence-electron chi connectivity index (χ3n) is 6.66. The number of nitrogens with zero attached hydrogens (tertiary/aromatic N) is 2. The smallest absolute Gasteiger partial charge is 0.264 e. The summed E-state index contributed by atoms with van der Waals surface area (Å²) in [5.74, 6) is -0.0884. The van der Waals surface area contributed by atoms with E-state index in [2.05, 4.69) is 5.32 Å². The molecule has 3 aromatic rings. The summed E-state index contributed by atoms with van der Waals surface area (Å²) in [6.45, 7) is 3.39. The second kappa shape index (κ2) is 13.8. The van der Waals surface area contributed by atoms with Crippen molar-refractivity contribution in [2.75, 3.05) is 38.7 Å². The number of likely N-dealkylation sites (N-methyl/N-ethyl adjacent to an activating group) is 1. The number of carbonyl (C=O) groups is 2. The van der Waals surface area contributed by atoms with Gasteiger partial charge in [-0.15, -0.1) is 0 Å². The van der Waals surface area contributed by atoms with E-state index in [1.54, 1.807) is 24.3 Å². The molecule has 214 valence electrons.